The predicted molar refractivity (Wildman–Crippen MR) is 242 cm³/mol. The van der Waals surface area contributed by atoms with Crippen molar-refractivity contribution in [1.82, 2.24) is 9.97 Å². The zero-order chi connectivity index (χ0) is 43.9. The monoisotopic (exact) mass is 895 g/mol. The van der Waals surface area contributed by atoms with E-state index in [1.54, 1.807) is 31.2 Å². The van der Waals surface area contributed by atoms with Gasteiger partial charge in [0.05, 0.1) is 5.84 Å². The van der Waals surface area contributed by atoms with E-state index in [0.29, 0.717) is 107 Å². The number of ketones is 4. The number of benzene rings is 2. The Morgan fingerprint density at radius 3 is 1.40 bits per heavy atom. The number of hydrogen-bond acceptors (Lipinski definition) is 12. The number of carbonyl (C=O) groups is 6. The quantitative estimate of drug-likeness (QED) is 0.0134. The van der Waals surface area contributed by atoms with E-state index in [2.05, 4.69) is 9.97 Å². The molecule has 15 heteroatoms. The molecule has 0 saturated heterocycles. The lowest BCUT2D eigenvalue weighted by atomic mass is 9.98. The summed E-state index contributed by atoms with van der Waals surface area (Å²) in [6, 6.07) is 8.25. The number of Topliss-reactive ketones (excluding diaryl/α,β-unsaturated/α-hetero) is 4. The van der Waals surface area contributed by atoms with E-state index < -0.39 is 0 Å². The minimum atomic E-state index is -0.380. The molecule has 0 atom stereocenters. The van der Waals surface area contributed by atoms with Gasteiger partial charge >= 0.3 is 0 Å². The second-order valence-electron chi connectivity index (χ2n) is 14.8. The van der Waals surface area contributed by atoms with Crippen molar-refractivity contribution in [3.05, 3.63) is 80.3 Å². The highest BCUT2D eigenvalue weighted by Gasteiger charge is 2.22. The maximum atomic E-state index is 13.9. The molecule has 0 aliphatic rings. The lowest BCUT2D eigenvalue weighted by Gasteiger charge is -2.16. The number of thioether (sulfide) groups is 2. The van der Waals surface area contributed by atoms with E-state index >= 15 is 0 Å². The van der Waals surface area contributed by atoms with Crippen LogP contribution in [0.25, 0.3) is 0 Å². The number of halogens is 2. The summed E-state index contributed by atoms with van der Waals surface area (Å²) in [5, 5.41) is 15.7. The van der Waals surface area contributed by atoms with Gasteiger partial charge in [0, 0.05) is 83.3 Å². The molecule has 0 radical (unpaired) electrons. The van der Waals surface area contributed by atoms with Gasteiger partial charge in [0.1, 0.15) is 41.9 Å². The molecule has 0 unspecified atom stereocenters. The number of carbonyl (C=O) groups excluding carboxylic acids is 6. The van der Waals surface area contributed by atoms with Crippen LogP contribution in [0.5, 0.6) is 0 Å². The third-order valence-electron chi connectivity index (χ3n) is 9.47. The van der Waals surface area contributed by atoms with Crippen molar-refractivity contribution in [2.75, 3.05) is 11.5 Å². The number of hydrogen-bond donors (Lipinski definition) is 3. The summed E-state index contributed by atoms with van der Waals surface area (Å²) in [6.45, 7) is 1.77. The van der Waals surface area contributed by atoms with E-state index in [-0.39, 0.29) is 66.0 Å². The van der Waals surface area contributed by atoms with E-state index in [1.807, 2.05) is 0 Å². The fourth-order valence-electron chi connectivity index (χ4n) is 6.50. The molecule has 0 amide bonds. The molecular weight excluding hydrogens is 842 g/mol. The predicted octanol–water partition coefficient (Wildman–Crippen LogP) is 9.88. The summed E-state index contributed by atoms with van der Waals surface area (Å²) in [5.41, 5.74) is 8.77. The van der Waals surface area contributed by atoms with Gasteiger partial charge in [0.25, 0.3) is 0 Å². The van der Waals surface area contributed by atoms with Crippen molar-refractivity contribution >= 4 is 94.0 Å². The molecule has 0 fully saturated rings. The van der Waals surface area contributed by atoms with Crippen LogP contribution in [0.2, 0.25) is 10.0 Å². The summed E-state index contributed by atoms with van der Waals surface area (Å²) in [6.07, 6.45) is 11.5. The molecule has 11 nitrogen and oxygen atoms in total. The molecule has 60 heavy (non-hydrogen) atoms. The Hall–Kier alpha value is -4.04. The topological polar surface area (TPSA) is 202 Å². The second-order valence-corrected chi connectivity index (χ2v) is 17.9. The fraction of sp³-hybridized carbons (Fsp3) is 0.467. The number of rotatable bonds is 32. The highest BCUT2D eigenvalue weighted by molar-refractivity contribution is 7.99. The van der Waals surface area contributed by atoms with Crippen molar-refractivity contribution in [2.45, 2.75) is 132 Å². The molecule has 0 bridgehead atoms. The van der Waals surface area contributed by atoms with Gasteiger partial charge < -0.3 is 20.7 Å². The van der Waals surface area contributed by atoms with E-state index in [4.69, 9.17) is 39.8 Å². The van der Waals surface area contributed by atoms with Gasteiger partial charge in [-0.3, -0.25) is 24.6 Å². The normalized spacial score (nSPS) is 11.0. The number of aromatic nitrogens is 2. The van der Waals surface area contributed by atoms with Crippen LogP contribution in [0.3, 0.4) is 0 Å². The van der Waals surface area contributed by atoms with Gasteiger partial charge in [0.2, 0.25) is 0 Å². The van der Waals surface area contributed by atoms with Crippen LogP contribution in [-0.2, 0) is 44.9 Å². The van der Waals surface area contributed by atoms with Crippen molar-refractivity contribution in [2.24, 2.45) is 5.73 Å². The molecular formula is C45H55Cl2N5O6S2. The second kappa shape index (κ2) is 27.7. The molecule has 2 aromatic carbocycles. The first-order valence-corrected chi connectivity index (χ1v) is 23.1. The average Bonchev–Trinajstić information content (AvgIpc) is 3.19. The van der Waals surface area contributed by atoms with Gasteiger partial charge in [0.15, 0.2) is 11.6 Å². The first-order valence-electron chi connectivity index (χ1n) is 20.3. The average molecular weight is 897 g/mol. The summed E-state index contributed by atoms with van der Waals surface area (Å²) >= 11 is 16.1. The number of nitrogens with two attached hydrogens (primary N) is 1. The first kappa shape index (κ1) is 50.3. The van der Waals surface area contributed by atoms with Crippen molar-refractivity contribution in [3.63, 3.8) is 0 Å². The highest BCUT2D eigenvalue weighted by Crippen LogP contribution is 2.34. The van der Waals surface area contributed by atoms with Gasteiger partial charge in [-0.15, -0.1) is 23.5 Å². The molecule has 0 aliphatic carbocycles. The smallest absolute Gasteiger partial charge is 0.185 e. The van der Waals surface area contributed by atoms with Crippen molar-refractivity contribution in [3.8, 4) is 0 Å². The van der Waals surface area contributed by atoms with E-state index in [9.17, 15) is 28.8 Å². The maximum absolute atomic E-state index is 13.9. The van der Waals surface area contributed by atoms with Crippen LogP contribution in [0.1, 0.15) is 140 Å². The minimum absolute atomic E-state index is 0.0215. The zero-order valence-corrected chi connectivity index (χ0v) is 37.4. The summed E-state index contributed by atoms with van der Waals surface area (Å²) in [7, 11) is 0. The van der Waals surface area contributed by atoms with Crippen LogP contribution < -0.4 is 5.73 Å². The number of nitrogens with zero attached hydrogens (tertiary/aromatic N) is 2. The maximum Gasteiger partial charge on any atom is 0.185 e. The van der Waals surface area contributed by atoms with E-state index in [1.165, 1.54) is 35.9 Å². The third-order valence-corrected chi connectivity index (χ3v) is 12.5. The van der Waals surface area contributed by atoms with Crippen molar-refractivity contribution < 1.29 is 28.8 Å². The van der Waals surface area contributed by atoms with Crippen LogP contribution in [0, 0.1) is 10.8 Å². The first-order chi connectivity index (χ1) is 28.8. The minimum Gasteiger partial charge on any atom is -0.388 e. The van der Waals surface area contributed by atoms with Crippen LogP contribution in [-0.4, -0.2) is 68.7 Å². The van der Waals surface area contributed by atoms with Crippen LogP contribution in [0.4, 0.5) is 0 Å². The molecule has 0 saturated carbocycles. The lowest BCUT2D eigenvalue weighted by molar-refractivity contribution is -0.119. The molecule has 0 spiro atoms. The number of aldehydes is 2. The van der Waals surface area contributed by atoms with Gasteiger partial charge in [-0.2, -0.15) is 0 Å². The lowest BCUT2D eigenvalue weighted by Crippen LogP contribution is -2.13. The Bertz CT molecular complexity index is 1870. The molecule has 3 rings (SSSR count). The number of amidine groups is 1. The summed E-state index contributed by atoms with van der Waals surface area (Å²) in [5.74, 6) is 0.620. The van der Waals surface area contributed by atoms with Crippen LogP contribution >= 0.6 is 46.7 Å². The molecule has 1 heterocycles. The Morgan fingerprint density at radius 1 is 0.600 bits per heavy atom. The Kier molecular flexibility index (Phi) is 23.3. The number of nitrogens with one attached hydrogen (secondary N) is 2. The van der Waals surface area contributed by atoms with Gasteiger partial charge in [-0.25, -0.2) is 9.97 Å². The highest BCUT2D eigenvalue weighted by atomic mass is 35.5. The SMILES string of the molecule is CC(=N)CCCCCC(=O)Cc1cc(Cl)cc(CC(=O)c2cc(C(=O)Cc3cc(Cl)cc(CC(=O)CCCCCC(=N)N)c3SCCCC=O)ncn2)c1SCCCC=O. The Morgan fingerprint density at radius 2 is 1.00 bits per heavy atom. The van der Waals surface area contributed by atoms with E-state index in [0.717, 1.165) is 54.5 Å². The summed E-state index contributed by atoms with van der Waals surface area (Å²) < 4.78 is 0. The third kappa shape index (κ3) is 18.7. The zero-order valence-electron chi connectivity index (χ0n) is 34.3. The largest absolute Gasteiger partial charge is 0.388 e. The molecule has 3 aromatic rings. The molecule has 1 aromatic heterocycles. The number of unbranched alkanes of at least 4 members (excludes halogenated alkanes) is 6. The Labute approximate surface area is 371 Å². The standard InChI is InChI=1S/C45H55Cl2N5O6S2/c1-30(48)12-4-2-5-13-37(55)24-31-20-35(46)22-33(44(31)59-18-10-8-16-53)26-41(57)39-28-40(52-29-51-39)42(58)27-34-23-36(47)21-32(45(34)60-19-11-9-17-54)25-38(56)14-6-3-7-15-43(49)50/h16-17,20-23,28-29,48H,2-15,18-19,24-27H2,1H3,(H3,49,50). The van der Waals surface area contributed by atoms with Crippen molar-refractivity contribution in [1.29, 1.82) is 10.8 Å². The molecule has 4 N–H and O–H groups in total. The fourth-order valence-corrected chi connectivity index (χ4v) is 9.32. The van der Waals surface area contributed by atoms with Crippen LogP contribution in [0.15, 0.2) is 46.5 Å². The molecule has 0 aliphatic heterocycles. The Balaban J connectivity index is 1.83. The summed E-state index contributed by atoms with van der Waals surface area (Å²) in [4.78, 5) is 85.8. The van der Waals surface area contributed by atoms with Gasteiger partial charge in [-0.05, 0) is 116 Å². The molecule has 322 valence electrons. The van der Waals surface area contributed by atoms with Gasteiger partial charge in [-0.1, -0.05) is 36.0 Å².